The third-order valence-electron chi connectivity index (χ3n) is 8.94. The fraction of sp³-hybridized carbons (Fsp3) is 0.237. The average Bonchev–Trinajstić information content (AvgIpc) is 3.77. The lowest BCUT2D eigenvalue weighted by molar-refractivity contribution is -0.140. The van der Waals surface area contributed by atoms with Crippen LogP contribution in [0, 0.1) is 0 Å². The Morgan fingerprint density at radius 2 is 1.40 bits per heavy atom. The molecule has 0 bridgehead atoms. The van der Waals surface area contributed by atoms with Crippen molar-refractivity contribution in [1.29, 1.82) is 0 Å². The number of nitrogens with zero attached hydrogens (tertiary/aromatic N) is 1. The Labute approximate surface area is 278 Å². The minimum atomic E-state index is -0.972. The van der Waals surface area contributed by atoms with Gasteiger partial charge in [0, 0.05) is 29.4 Å². The van der Waals surface area contributed by atoms with Gasteiger partial charge in [0.25, 0.3) is 0 Å². The maximum Gasteiger partial charge on any atom is 0.243 e. The van der Waals surface area contributed by atoms with Gasteiger partial charge >= 0.3 is 0 Å². The highest BCUT2D eigenvalue weighted by Gasteiger charge is 2.40. The number of nitrogens with one attached hydrogen (secondary N) is 2. The summed E-state index contributed by atoms with van der Waals surface area (Å²) >= 11 is 1.55. The second kappa shape index (κ2) is 14.3. The summed E-state index contributed by atoms with van der Waals surface area (Å²) in [6.07, 6.45) is 3.37. The first kappa shape index (κ1) is 32.1. The highest BCUT2D eigenvalue weighted by Crippen LogP contribution is 2.48. The van der Waals surface area contributed by atoms with Crippen LogP contribution in [0.25, 0.3) is 10.9 Å². The molecule has 0 saturated carbocycles. The van der Waals surface area contributed by atoms with E-state index in [1.807, 2.05) is 85.1 Å². The van der Waals surface area contributed by atoms with E-state index in [1.54, 1.807) is 16.7 Å². The van der Waals surface area contributed by atoms with E-state index < -0.39 is 34.7 Å². The van der Waals surface area contributed by atoms with Crippen molar-refractivity contribution in [3.05, 3.63) is 144 Å². The number of benzene rings is 4. The molecule has 3 atom stereocenters. The fourth-order valence-electron chi connectivity index (χ4n) is 6.58. The predicted octanol–water partition coefficient (Wildman–Crippen LogP) is 4.72. The highest BCUT2D eigenvalue weighted by atomic mass is 32.2. The first-order chi connectivity index (χ1) is 22.9. The summed E-state index contributed by atoms with van der Waals surface area (Å²) in [5.74, 6) is -1.11. The van der Waals surface area contributed by atoms with Gasteiger partial charge in [-0.1, -0.05) is 109 Å². The second-order valence-corrected chi connectivity index (χ2v) is 13.1. The summed E-state index contributed by atoms with van der Waals surface area (Å²) in [4.78, 5) is 45.0. The van der Waals surface area contributed by atoms with Crippen molar-refractivity contribution in [3.8, 4) is 0 Å². The molecule has 3 amide bonds. The maximum atomic E-state index is 13.8. The van der Waals surface area contributed by atoms with Crippen LogP contribution in [0.3, 0.4) is 0 Å². The van der Waals surface area contributed by atoms with Gasteiger partial charge in [-0.3, -0.25) is 14.4 Å². The molecule has 1 aliphatic rings. The Balaban J connectivity index is 1.21. The number of H-pyrrole nitrogens is 1. The van der Waals surface area contributed by atoms with Crippen LogP contribution in [0.15, 0.2) is 121 Å². The first-order valence-corrected chi connectivity index (χ1v) is 16.9. The molecule has 1 fully saturated rings. The smallest absolute Gasteiger partial charge is 0.243 e. The van der Waals surface area contributed by atoms with E-state index >= 15 is 0 Å². The van der Waals surface area contributed by atoms with Crippen LogP contribution in [0.5, 0.6) is 0 Å². The average molecular weight is 646 g/mol. The maximum absolute atomic E-state index is 13.8. The Morgan fingerprint density at radius 1 is 0.851 bits per heavy atom. The zero-order valence-corrected chi connectivity index (χ0v) is 26.9. The third-order valence-corrected chi connectivity index (χ3v) is 10.6. The summed E-state index contributed by atoms with van der Waals surface area (Å²) in [5.41, 5.74) is 17.4. The molecule has 1 saturated heterocycles. The van der Waals surface area contributed by atoms with Gasteiger partial charge in [0.05, 0.1) is 10.8 Å². The van der Waals surface area contributed by atoms with Gasteiger partial charge in [0.15, 0.2) is 0 Å². The predicted molar refractivity (Wildman–Crippen MR) is 188 cm³/mol. The Morgan fingerprint density at radius 3 is 1.98 bits per heavy atom. The standard InChI is InChI=1S/C38H39N5O3S/c39-31(23-26-24-41-32-20-11-10-19-30(26)32)37(46)43-22-12-21-34(43)36(45)42-33(35(40)44)25-47-38(27-13-4-1-5-14-27,28-15-6-2-7-16-28)29-17-8-3-9-18-29/h1-11,13-20,24,31,33-34,41H,12,21-23,25,39H2,(H2,40,44)(H,42,45)/t31-,33-,34-/m0/s1. The topological polar surface area (TPSA) is 134 Å². The molecule has 0 aliphatic carbocycles. The monoisotopic (exact) mass is 645 g/mol. The summed E-state index contributed by atoms with van der Waals surface area (Å²) < 4.78 is -0.688. The number of fused-ring (bicyclic) bond motifs is 1. The first-order valence-electron chi connectivity index (χ1n) is 15.9. The van der Waals surface area contributed by atoms with Crippen LogP contribution in [-0.2, 0) is 25.6 Å². The van der Waals surface area contributed by atoms with Crippen molar-refractivity contribution in [3.63, 3.8) is 0 Å². The quantitative estimate of drug-likeness (QED) is 0.146. The molecule has 6 rings (SSSR count). The molecule has 6 N–H and O–H groups in total. The van der Waals surface area contributed by atoms with E-state index in [0.717, 1.165) is 33.2 Å². The van der Waals surface area contributed by atoms with Gasteiger partial charge in [-0.15, -0.1) is 11.8 Å². The minimum Gasteiger partial charge on any atom is -0.368 e. The number of rotatable bonds is 12. The Hall–Kier alpha value is -4.86. The SMILES string of the molecule is NC(=O)[C@H](CSC(c1ccccc1)(c1ccccc1)c1ccccc1)NC(=O)[C@@H]1CCCN1C(=O)[C@@H](N)Cc1c[nH]c2ccccc12. The lowest BCUT2D eigenvalue weighted by Crippen LogP contribution is -2.55. The van der Waals surface area contributed by atoms with Gasteiger partial charge in [0.1, 0.15) is 12.1 Å². The largest absolute Gasteiger partial charge is 0.368 e. The number of amides is 3. The number of aromatic amines is 1. The van der Waals surface area contributed by atoms with Crippen LogP contribution in [-0.4, -0.2) is 58.0 Å². The Bertz CT molecular complexity index is 1730. The van der Waals surface area contributed by atoms with Crippen LogP contribution in [0.1, 0.15) is 35.1 Å². The van der Waals surface area contributed by atoms with E-state index in [9.17, 15) is 14.4 Å². The molecule has 0 radical (unpaired) electrons. The second-order valence-electron chi connectivity index (χ2n) is 11.9. The van der Waals surface area contributed by atoms with Crippen molar-refractivity contribution in [2.45, 2.75) is 42.1 Å². The number of aromatic nitrogens is 1. The lowest BCUT2D eigenvalue weighted by Gasteiger charge is -2.36. The number of carbonyl (C=O) groups excluding carboxylic acids is 3. The number of primary amides is 1. The molecule has 2 heterocycles. The molecule has 1 aliphatic heterocycles. The van der Waals surface area contributed by atoms with Crippen molar-refractivity contribution in [2.75, 3.05) is 12.3 Å². The molecule has 9 heteroatoms. The number of nitrogens with two attached hydrogens (primary N) is 2. The zero-order valence-electron chi connectivity index (χ0n) is 26.0. The molecular formula is C38H39N5O3S. The number of likely N-dealkylation sites (tertiary alicyclic amines) is 1. The zero-order chi connectivity index (χ0) is 32.8. The molecular weight excluding hydrogens is 607 g/mol. The van der Waals surface area contributed by atoms with Crippen LogP contribution in [0.2, 0.25) is 0 Å². The third kappa shape index (κ3) is 6.68. The van der Waals surface area contributed by atoms with Gasteiger partial charge in [-0.05, 0) is 47.6 Å². The van der Waals surface area contributed by atoms with Crippen molar-refractivity contribution in [2.24, 2.45) is 11.5 Å². The molecule has 0 unspecified atom stereocenters. The fourth-order valence-corrected chi connectivity index (χ4v) is 8.15. The molecule has 0 spiro atoms. The molecule has 8 nitrogen and oxygen atoms in total. The molecule has 1 aromatic heterocycles. The number of hydrogen-bond donors (Lipinski definition) is 4. The van der Waals surface area contributed by atoms with Gasteiger partial charge in [-0.25, -0.2) is 0 Å². The summed E-state index contributed by atoms with van der Waals surface area (Å²) in [6, 6.07) is 35.7. The van der Waals surface area contributed by atoms with Crippen molar-refractivity contribution < 1.29 is 14.4 Å². The van der Waals surface area contributed by atoms with Gasteiger partial charge in [0.2, 0.25) is 17.7 Å². The van der Waals surface area contributed by atoms with Gasteiger partial charge in [-0.2, -0.15) is 0 Å². The van der Waals surface area contributed by atoms with Crippen LogP contribution >= 0.6 is 11.8 Å². The normalized spacial score (nSPS) is 16.1. The molecule has 240 valence electrons. The molecule has 5 aromatic rings. The van der Waals surface area contributed by atoms with E-state index in [4.69, 9.17) is 11.5 Å². The molecule has 4 aromatic carbocycles. The highest BCUT2D eigenvalue weighted by molar-refractivity contribution is 8.00. The van der Waals surface area contributed by atoms with E-state index in [-0.39, 0.29) is 11.7 Å². The van der Waals surface area contributed by atoms with Crippen molar-refractivity contribution in [1.82, 2.24) is 15.2 Å². The number of carbonyl (C=O) groups is 3. The minimum absolute atomic E-state index is 0.209. The van der Waals surface area contributed by atoms with E-state index in [2.05, 4.69) is 46.7 Å². The lowest BCUT2D eigenvalue weighted by atomic mass is 9.84. The summed E-state index contributed by atoms with van der Waals surface area (Å²) in [7, 11) is 0. The van der Waals surface area contributed by atoms with E-state index in [1.165, 1.54) is 0 Å². The van der Waals surface area contributed by atoms with Crippen LogP contribution < -0.4 is 16.8 Å². The summed E-state index contributed by atoms with van der Waals surface area (Å²) in [5, 5.41) is 3.92. The van der Waals surface area contributed by atoms with Gasteiger partial charge < -0.3 is 26.7 Å². The number of thioether (sulfide) groups is 1. The van der Waals surface area contributed by atoms with Crippen LogP contribution in [0.4, 0.5) is 0 Å². The Kier molecular flexibility index (Phi) is 9.75. The molecule has 47 heavy (non-hydrogen) atoms. The van der Waals surface area contributed by atoms with E-state index in [0.29, 0.717) is 25.8 Å². The van der Waals surface area contributed by atoms with Crippen molar-refractivity contribution >= 4 is 40.4 Å². The number of hydrogen-bond acceptors (Lipinski definition) is 5. The number of para-hydroxylation sites is 1. The summed E-state index contributed by atoms with van der Waals surface area (Å²) in [6.45, 7) is 0.424.